The van der Waals surface area contributed by atoms with Crippen molar-refractivity contribution in [3.8, 4) is 11.5 Å². The van der Waals surface area contributed by atoms with Crippen LogP contribution in [0, 0.1) is 0 Å². The first kappa shape index (κ1) is 17.9. The molecule has 0 spiro atoms. The highest BCUT2D eigenvalue weighted by Gasteiger charge is 2.25. The third-order valence-corrected chi connectivity index (χ3v) is 4.03. The Balaban J connectivity index is 2.17. The lowest BCUT2D eigenvalue weighted by atomic mass is 9.89. The molecule has 0 bridgehead atoms. The van der Waals surface area contributed by atoms with Gasteiger partial charge in [0.1, 0.15) is 11.5 Å². The van der Waals surface area contributed by atoms with Crippen LogP contribution >= 0.6 is 0 Å². The third-order valence-electron chi connectivity index (χ3n) is 4.03. The van der Waals surface area contributed by atoms with Crippen LogP contribution in [0.15, 0.2) is 66.7 Å². The van der Waals surface area contributed by atoms with Crippen LogP contribution < -0.4 is 0 Å². The molecule has 0 amide bonds. The van der Waals surface area contributed by atoms with Crippen molar-refractivity contribution < 1.29 is 29.7 Å². The van der Waals surface area contributed by atoms with E-state index >= 15 is 0 Å². The van der Waals surface area contributed by atoms with Gasteiger partial charge in [0.05, 0.1) is 5.56 Å². The van der Waals surface area contributed by atoms with Gasteiger partial charge in [0.2, 0.25) is 0 Å². The molecule has 27 heavy (non-hydrogen) atoms. The van der Waals surface area contributed by atoms with Crippen LogP contribution in [0.5, 0.6) is 11.5 Å². The van der Waals surface area contributed by atoms with E-state index in [1.165, 1.54) is 66.7 Å². The van der Waals surface area contributed by atoms with Crippen molar-refractivity contribution in [2.24, 2.45) is 0 Å². The quantitative estimate of drug-likeness (QED) is 0.601. The van der Waals surface area contributed by atoms with Gasteiger partial charge < -0.3 is 15.3 Å². The summed E-state index contributed by atoms with van der Waals surface area (Å²) in [5.41, 5.74) is -0.235. The van der Waals surface area contributed by atoms with Crippen molar-refractivity contribution in [2.75, 3.05) is 0 Å². The summed E-state index contributed by atoms with van der Waals surface area (Å²) in [6.07, 6.45) is 0. The van der Waals surface area contributed by atoms with Crippen LogP contribution in [0.3, 0.4) is 0 Å². The number of hydrogen-bond donors (Lipinski definition) is 3. The number of phenols is 2. The number of carboxylic acid groups (broad SMARTS) is 1. The maximum absolute atomic E-state index is 13.0. The molecule has 0 unspecified atom stereocenters. The van der Waals surface area contributed by atoms with E-state index in [0.29, 0.717) is 0 Å². The first-order valence-corrected chi connectivity index (χ1v) is 7.92. The minimum Gasteiger partial charge on any atom is -0.508 e. The summed E-state index contributed by atoms with van der Waals surface area (Å²) in [7, 11) is 0. The molecule has 3 aromatic carbocycles. The third kappa shape index (κ3) is 3.55. The topological polar surface area (TPSA) is 112 Å². The van der Waals surface area contributed by atoms with Crippen molar-refractivity contribution in [2.45, 2.75) is 0 Å². The standard InChI is InChI=1S/C21H14O6/c22-14-8-4-12(5-9-14)19(24)16-2-1-3-17(21(26)27)18(16)20(25)13-6-10-15(23)11-7-13/h1-11,22-23H,(H,26,27). The lowest BCUT2D eigenvalue weighted by Crippen LogP contribution is -2.16. The highest BCUT2D eigenvalue weighted by atomic mass is 16.4. The van der Waals surface area contributed by atoms with Gasteiger partial charge in [0.25, 0.3) is 0 Å². The number of phenolic OH excluding ortho intramolecular Hbond substituents is 2. The van der Waals surface area contributed by atoms with Crippen LogP contribution in [-0.4, -0.2) is 32.9 Å². The number of aromatic hydroxyl groups is 2. The van der Waals surface area contributed by atoms with Gasteiger partial charge in [-0.05, 0) is 54.6 Å². The minimum atomic E-state index is -1.34. The Hall–Kier alpha value is -3.93. The Kier molecular flexibility index (Phi) is 4.72. The molecular weight excluding hydrogens is 348 g/mol. The van der Waals surface area contributed by atoms with Gasteiger partial charge in [-0.2, -0.15) is 0 Å². The Morgan fingerprint density at radius 3 is 1.52 bits per heavy atom. The highest BCUT2D eigenvalue weighted by Crippen LogP contribution is 2.24. The molecule has 6 nitrogen and oxygen atoms in total. The summed E-state index contributed by atoms with van der Waals surface area (Å²) in [5, 5.41) is 28.2. The highest BCUT2D eigenvalue weighted by molar-refractivity contribution is 6.22. The number of carboxylic acids is 1. The second-order valence-corrected chi connectivity index (χ2v) is 5.79. The lowest BCUT2D eigenvalue weighted by Gasteiger charge is -2.12. The van der Waals surface area contributed by atoms with E-state index < -0.39 is 17.5 Å². The summed E-state index contributed by atoms with van der Waals surface area (Å²) >= 11 is 0. The fourth-order valence-corrected chi connectivity index (χ4v) is 2.69. The summed E-state index contributed by atoms with van der Waals surface area (Å²) in [6, 6.07) is 14.8. The zero-order valence-corrected chi connectivity index (χ0v) is 13.9. The van der Waals surface area contributed by atoms with Gasteiger partial charge in [-0.1, -0.05) is 12.1 Å². The molecule has 0 saturated heterocycles. The molecule has 3 N–H and O–H groups in total. The van der Waals surface area contributed by atoms with E-state index in [1.807, 2.05) is 0 Å². The van der Waals surface area contributed by atoms with Gasteiger partial charge in [-0.15, -0.1) is 0 Å². The molecule has 134 valence electrons. The maximum Gasteiger partial charge on any atom is 0.336 e. The van der Waals surface area contributed by atoms with Crippen LogP contribution in [0.2, 0.25) is 0 Å². The molecule has 0 aliphatic rings. The largest absolute Gasteiger partial charge is 0.508 e. The average Bonchev–Trinajstić information content (AvgIpc) is 2.67. The minimum absolute atomic E-state index is 0.0220. The van der Waals surface area contributed by atoms with Crippen LogP contribution in [0.25, 0.3) is 0 Å². The second kappa shape index (κ2) is 7.13. The average molecular weight is 362 g/mol. The Morgan fingerprint density at radius 1 is 0.593 bits per heavy atom. The zero-order chi connectivity index (χ0) is 19.6. The molecular formula is C21H14O6. The smallest absolute Gasteiger partial charge is 0.336 e. The predicted octanol–water partition coefficient (Wildman–Crippen LogP) is 3.26. The van der Waals surface area contributed by atoms with Crippen molar-refractivity contribution in [3.63, 3.8) is 0 Å². The number of carbonyl (C=O) groups is 3. The molecule has 0 aliphatic heterocycles. The lowest BCUT2D eigenvalue weighted by molar-refractivity contribution is 0.0692. The molecule has 0 aromatic heterocycles. The molecule has 0 radical (unpaired) electrons. The molecule has 0 aliphatic carbocycles. The number of aromatic carboxylic acids is 1. The van der Waals surface area contributed by atoms with Gasteiger partial charge >= 0.3 is 5.97 Å². The molecule has 0 saturated carbocycles. The normalized spacial score (nSPS) is 10.4. The fourth-order valence-electron chi connectivity index (χ4n) is 2.69. The van der Waals surface area contributed by atoms with Crippen molar-refractivity contribution in [3.05, 3.63) is 94.5 Å². The fraction of sp³-hybridized carbons (Fsp3) is 0. The summed E-state index contributed by atoms with van der Waals surface area (Å²) in [4.78, 5) is 37.5. The maximum atomic E-state index is 13.0. The Bertz CT molecular complexity index is 1030. The van der Waals surface area contributed by atoms with E-state index in [0.717, 1.165) is 0 Å². The first-order chi connectivity index (χ1) is 12.9. The Labute approximate surface area is 154 Å². The predicted molar refractivity (Wildman–Crippen MR) is 96.5 cm³/mol. The van der Waals surface area contributed by atoms with Gasteiger partial charge in [0, 0.05) is 22.3 Å². The van der Waals surface area contributed by atoms with Crippen LogP contribution in [-0.2, 0) is 0 Å². The number of hydrogen-bond acceptors (Lipinski definition) is 5. The SMILES string of the molecule is O=C(O)c1cccc(C(=O)c2ccc(O)cc2)c1C(=O)c1ccc(O)cc1. The van der Waals surface area contributed by atoms with E-state index in [4.69, 9.17) is 0 Å². The molecule has 0 fully saturated rings. The van der Waals surface area contributed by atoms with Gasteiger partial charge in [-0.25, -0.2) is 4.79 Å². The van der Waals surface area contributed by atoms with E-state index in [-0.39, 0.29) is 39.3 Å². The van der Waals surface area contributed by atoms with E-state index in [2.05, 4.69) is 0 Å². The molecule has 3 aromatic rings. The molecule has 3 rings (SSSR count). The van der Waals surface area contributed by atoms with Gasteiger partial charge in [-0.3, -0.25) is 9.59 Å². The Morgan fingerprint density at radius 2 is 1.04 bits per heavy atom. The number of benzene rings is 3. The van der Waals surface area contributed by atoms with Crippen LogP contribution in [0.1, 0.15) is 42.2 Å². The van der Waals surface area contributed by atoms with Crippen molar-refractivity contribution in [1.82, 2.24) is 0 Å². The van der Waals surface area contributed by atoms with Crippen LogP contribution in [0.4, 0.5) is 0 Å². The summed E-state index contributed by atoms with van der Waals surface area (Å²) in [6.45, 7) is 0. The van der Waals surface area contributed by atoms with E-state index in [9.17, 15) is 29.7 Å². The number of carbonyl (C=O) groups excluding carboxylic acids is 2. The molecule has 0 atom stereocenters. The van der Waals surface area contributed by atoms with Crippen molar-refractivity contribution in [1.29, 1.82) is 0 Å². The zero-order valence-electron chi connectivity index (χ0n) is 13.9. The summed E-state index contributed by atoms with van der Waals surface area (Å²) in [5.74, 6) is -2.59. The second-order valence-electron chi connectivity index (χ2n) is 5.79. The monoisotopic (exact) mass is 362 g/mol. The first-order valence-electron chi connectivity index (χ1n) is 7.92. The van der Waals surface area contributed by atoms with Gasteiger partial charge in [0.15, 0.2) is 11.6 Å². The number of rotatable bonds is 5. The van der Waals surface area contributed by atoms with E-state index in [1.54, 1.807) is 0 Å². The van der Waals surface area contributed by atoms with Crippen molar-refractivity contribution >= 4 is 17.5 Å². The summed E-state index contributed by atoms with van der Waals surface area (Å²) < 4.78 is 0. The molecule has 6 heteroatoms. The molecule has 0 heterocycles. The number of ketones is 2.